The molecule has 4 nitrogen and oxygen atoms in total. The van der Waals surface area contributed by atoms with E-state index >= 15 is 0 Å². The number of benzene rings is 2. The monoisotopic (exact) mass is 442 g/mol. The maximum Gasteiger partial charge on any atom is 0.252 e. The summed E-state index contributed by atoms with van der Waals surface area (Å²) in [6.07, 6.45) is 0. The predicted molar refractivity (Wildman–Crippen MR) is 99.5 cm³/mol. The lowest BCUT2D eigenvalue weighted by molar-refractivity contribution is -0.120. The second-order valence-corrected chi connectivity index (χ2v) is 6.60. The van der Waals surface area contributed by atoms with Crippen molar-refractivity contribution in [3.63, 3.8) is 0 Å². The maximum atomic E-state index is 12.1. The number of nitrogens with one attached hydrogen (secondary N) is 2. The summed E-state index contributed by atoms with van der Waals surface area (Å²) < 4.78 is 0.845. The third kappa shape index (κ3) is 5.21. The summed E-state index contributed by atoms with van der Waals surface area (Å²) in [7, 11) is 0. The molecule has 6 heteroatoms. The average Bonchev–Trinajstić information content (AvgIpc) is 2.53. The number of carbonyl (C=O) groups is 2. The zero-order valence-electron chi connectivity index (χ0n) is 12.5. The lowest BCUT2D eigenvalue weighted by atomic mass is 10.1. The van der Waals surface area contributed by atoms with Crippen LogP contribution in [-0.4, -0.2) is 18.4 Å². The maximum absolute atomic E-state index is 12.1. The fourth-order valence-electron chi connectivity index (χ4n) is 2.03. The first-order valence-electron chi connectivity index (χ1n) is 7.05. The zero-order valence-corrected chi connectivity index (χ0v) is 15.4. The summed E-state index contributed by atoms with van der Waals surface area (Å²) in [5.74, 6) is -0.504. The van der Waals surface area contributed by atoms with Gasteiger partial charge in [0.2, 0.25) is 5.91 Å². The standard InChI is InChI=1S/C17H16ClIN2O2/c1-11(12-6-8-13(18)9-7-12)21-16(22)10-20-17(23)14-4-2-3-5-15(14)19/h2-9,11H,10H2,1H3,(H,20,23)(H,21,22)/t11-/m1/s1. The summed E-state index contributed by atoms with van der Waals surface area (Å²) in [6, 6.07) is 14.3. The Bertz CT molecular complexity index is 704. The molecule has 0 heterocycles. The highest BCUT2D eigenvalue weighted by atomic mass is 127. The van der Waals surface area contributed by atoms with Crippen LogP contribution in [0.15, 0.2) is 48.5 Å². The van der Waals surface area contributed by atoms with Gasteiger partial charge in [0.1, 0.15) is 0 Å². The number of halogens is 2. The van der Waals surface area contributed by atoms with Crippen LogP contribution in [0.3, 0.4) is 0 Å². The van der Waals surface area contributed by atoms with E-state index < -0.39 is 0 Å². The predicted octanol–water partition coefficient (Wildman–Crippen LogP) is 3.55. The molecule has 0 spiro atoms. The SMILES string of the molecule is C[C@@H](NC(=O)CNC(=O)c1ccccc1I)c1ccc(Cl)cc1. The highest BCUT2D eigenvalue weighted by Gasteiger charge is 2.13. The molecule has 2 N–H and O–H groups in total. The van der Waals surface area contributed by atoms with Crippen molar-refractivity contribution in [1.29, 1.82) is 0 Å². The largest absolute Gasteiger partial charge is 0.348 e. The quantitative estimate of drug-likeness (QED) is 0.696. The molecular weight excluding hydrogens is 427 g/mol. The van der Waals surface area contributed by atoms with E-state index in [1.54, 1.807) is 24.3 Å². The highest BCUT2D eigenvalue weighted by molar-refractivity contribution is 14.1. The molecule has 0 aliphatic heterocycles. The summed E-state index contributed by atoms with van der Waals surface area (Å²) in [5, 5.41) is 6.12. The van der Waals surface area contributed by atoms with E-state index in [2.05, 4.69) is 33.2 Å². The number of rotatable bonds is 5. The van der Waals surface area contributed by atoms with E-state index in [1.165, 1.54) is 0 Å². The van der Waals surface area contributed by atoms with Gasteiger partial charge in [0.25, 0.3) is 5.91 Å². The summed E-state index contributed by atoms with van der Waals surface area (Å²) >= 11 is 7.93. The fourth-order valence-corrected chi connectivity index (χ4v) is 2.79. The van der Waals surface area contributed by atoms with Crippen LogP contribution in [0.25, 0.3) is 0 Å². The first-order valence-corrected chi connectivity index (χ1v) is 8.50. The molecule has 2 rings (SSSR count). The molecular formula is C17H16ClIN2O2. The minimum atomic E-state index is -0.260. The number of carbonyl (C=O) groups excluding carboxylic acids is 2. The Morgan fingerprint density at radius 1 is 1.13 bits per heavy atom. The second-order valence-electron chi connectivity index (χ2n) is 5.00. The van der Waals surface area contributed by atoms with E-state index in [-0.39, 0.29) is 24.4 Å². The smallest absolute Gasteiger partial charge is 0.252 e. The Kier molecular flexibility index (Phi) is 6.41. The lowest BCUT2D eigenvalue weighted by Crippen LogP contribution is -2.38. The van der Waals surface area contributed by atoms with E-state index in [0.29, 0.717) is 10.6 Å². The van der Waals surface area contributed by atoms with Crippen LogP contribution in [0.5, 0.6) is 0 Å². The Balaban J connectivity index is 1.86. The van der Waals surface area contributed by atoms with Gasteiger partial charge in [0.15, 0.2) is 0 Å². The van der Waals surface area contributed by atoms with Gasteiger partial charge in [0.05, 0.1) is 18.2 Å². The minimum Gasteiger partial charge on any atom is -0.348 e. The zero-order chi connectivity index (χ0) is 16.8. The molecule has 0 aliphatic rings. The van der Waals surface area contributed by atoms with E-state index in [9.17, 15) is 9.59 Å². The molecule has 2 aromatic carbocycles. The van der Waals surface area contributed by atoms with Crippen LogP contribution in [-0.2, 0) is 4.79 Å². The van der Waals surface area contributed by atoms with Crippen molar-refractivity contribution in [3.05, 3.63) is 68.3 Å². The van der Waals surface area contributed by atoms with Crippen LogP contribution in [0, 0.1) is 3.57 Å². The molecule has 120 valence electrons. The lowest BCUT2D eigenvalue weighted by Gasteiger charge is -2.15. The molecule has 0 saturated carbocycles. The topological polar surface area (TPSA) is 58.2 Å². The van der Waals surface area contributed by atoms with Gasteiger partial charge in [-0.15, -0.1) is 0 Å². The molecule has 0 saturated heterocycles. The average molecular weight is 443 g/mol. The van der Waals surface area contributed by atoms with Gasteiger partial charge < -0.3 is 10.6 Å². The van der Waals surface area contributed by atoms with Crippen molar-refractivity contribution in [2.45, 2.75) is 13.0 Å². The molecule has 1 atom stereocenters. The van der Waals surface area contributed by atoms with Crippen molar-refractivity contribution in [1.82, 2.24) is 10.6 Å². The summed E-state index contributed by atoms with van der Waals surface area (Å²) in [6.45, 7) is 1.81. The van der Waals surface area contributed by atoms with Crippen molar-refractivity contribution < 1.29 is 9.59 Å². The molecule has 0 fully saturated rings. The molecule has 0 bridgehead atoms. The third-order valence-electron chi connectivity index (χ3n) is 3.28. The van der Waals surface area contributed by atoms with Gasteiger partial charge >= 0.3 is 0 Å². The third-order valence-corrected chi connectivity index (χ3v) is 4.47. The van der Waals surface area contributed by atoms with Crippen LogP contribution < -0.4 is 10.6 Å². The highest BCUT2D eigenvalue weighted by Crippen LogP contribution is 2.16. The molecule has 0 aromatic heterocycles. The molecule has 0 aliphatic carbocycles. The van der Waals surface area contributed by atoms with Crippen molar-refractivity contribution in [2.75, 3.05) is 6.54 Å². The summed E-state index contributed by atoms with van der Waals surface area (Å²) in [4.78, 5) is 24.0. The second kappa shape index (κ2) is 8.31. The van der Waals surface area contributed by atoms with Crippen molar-refractivity contribution in [3.8, 4) is 0 Å². The molecule has 2 aromatic rings. The first-order chi connectivity index (χ1) is 11.0. The number of hydrogen-bond donors (Lipinski definition) is 2. The van der Waals surface area contributed by atoms with E-state index in [4.69, 9.17) is 11.6 Å². The normalized spacial score (nSPS) is 11.6. The molecule has 0 radical (unpaired) electrons. The van der Waals surface area contributed by atoms with Crippen molar-refractivity contribution in [2.24, 2.45) is 0 Å². The Hall–Kier alpha value is -1.60. The summed E-state index contributed by atoms with van der Waals surface area (Å²) in [5.41, 5.74) is 1.51. The van der Waals surface area contributed by atoms with E-state index in [1.807, 2.05) is 31.2 Å². The molecule has 0 unspecified atom stereocenters. The fraction of sp³-hybridized carbons (Fsp3) is 0.176. The van der Waals surface area contributed by atoms with Gasteiger partial charge in [-0.1, -0.05) is 35.9 Å². The van der Waals surface area contributed by atoms with Gasteiger partial charge in [-0.3, -0.25) is 9.59 Å². The number of amides is 2. The van der Waals surface area contributed by atoms with E-state index in [0.717, 1.165) is 9.13 Å². The van der Waals surface area contributed by atoms with Crippen LogP contribution in [0.1, 0.15) is 28.9 Å². The Morgan fingerprint density at radius 3 is 2.43 bits per heavy atom. The number of hydrogen-bond acceptors (Lipinski definition) is 2. The van der Waals surface area contributed by atoms with Gasteiger partial charge in [-0.25, -0.2) is 0 Å². The van der Waals surface area contributed by atoms with Crippen LogP contribution in [0.4, 0.5) is 0 Å². The first kappa shape index (κ1) is 17.7. The van der Waals surface area contributed by atoms with Crippen molar-refractivity contribution >= 4 is 46.0 Å². The molecule has 23 heavy (non-hydrogen) atoms. The van der Waals surface area contributed by atoms with Gasteiger partial charge in [-0.2, -0.15) is 0 Å². The van der Waals surface area contributed by atoms with Crippen LogP contribution in [0.2, 0.25) is 5.02 Å². The minimum absolute atomic E-state index is 0.0677. The Labute approximate surface area is 153 Å². The molecule has 2 amide bonds. The van der Waals surface area contributed by atoms with Crippen LogP contribution >= 0.6 is 34.2 Å². The van der Waals surface area contributed by atoms with Gasteiger partial charge in [0, 0.05) is 8.59 Å². The van der Waals surface area contributed by atoms with Gasteiger partial charge in [-0.05, 0) is 59.3 Å². The Morgan fingerprint density at radius 2 is 1.78 bits per heavy atom.